The highest BCUT2D eigenvalue weighted by atomic mass is 35.5. The average molecular weight is 397 g/mol. The van der Waals surface area contributed by atoms with Crippen molar-refractivity contribution in [1.29, 1.82) is 0 Å². The van der Waals surface area contributed by atoms with Crippen molar-refractivity contribution in [2.75, 3.05) is 17.7 Å². The number of carbonyl (C=O) groups is 1. The Kier molecular flexibility index (Phi) is 6.11. The molecule has 0 spiro atoms. The standard InChI is InChI=1S/C21H21ClN4O2/c1-4-14-7-5-6-8-17(14)24-19-11-13(2)23-21(26-19)25-18-12-15(20(27)28-3)9-10-16(18)22/h5-12H,4H2,1-3H3,(H2,23,24,25,26). The molecule has 3 rings (SSSR count). The van der Waals surface area contributed by atoms with Gasteiger partial charge < -0.3 is 15.4 Å². The number of methoxy groups -OCH3 is 1. The number of hydrogen-bond acceptors (Lipinski definition) is 6. The van der Waals surface area contributed by atoms with Crippen LogP contribution in [0, 0.1) is 6.92 Å². The smallest absolute Gasteiger partial charge is 0.337 e. The molecule has 1 heterocycles. The second-order valence-electron chi connectivity index (χ2n) is 6.17. The SMILES string of the molecule is CCc1ccccc1Nc1cc(C)nc(Nc2cc(C(=O)OC)ccc2Cl)n1. The fraction of sp³-hybridized carbons (Fsp3) is 0.190. The summed E-state index contributed by atoms with van der Waals surface area (Å²) in [6.45, 7) is 3.99. The van der Waals surface area contributed by atoms with E-state index in [-0.39, 0.29) is 0 Å². The summed E-state index contributed by atoms with van der Waals surface area (Å²) in [4.78, 5) is 20.7. The highest BCUT2D eigenvalue weighted by molar-refractivity contribution is 6.33. The maximum atomic E-state index is 11.8. The largest absolute Gasteiger partial charge is 0.465 e. The van der Waals surface area contributed by atoms with E-state index in [4.69, 9.17) is 16.3 Å². The molecule has 0 atom stereocenters. The van der Waals surface area contributed by atoms with Crippen LogP contribution in [0.15, 0.2) is 48.5 Å². The van der Waals surface area contributed by atoms with Crippen LogP contribution in [0.5, 0.6) is 0 Å². The van der Waals surface area contributed by atoms with Crippen molar-refractivity contribution in [3.8, 4) is 0 Å². The molecular weight excluding hydrogens is 376 g/mol. The summed E-state index contributed by atoms with van der Waals surface area (Å²) in [6.07, 6.45) is 0.911. The zero-order chi connectivity index (χ0) is 20.1. The van der Waals surface area contributed by atoms with Gasteiger partial charge in [0, 0.05) is 17.4 Å². The maximum absolute atomic E-state index is 11.8. The van der Waals surface area contributed by atoms with E-state index in [1.54, 1.807) is 18.2 Å². The molecule has 28 heavy (non-hydrogen) atoms. The molecular formula is C21H21ClN4O2. The number of nitrogens with zero attached hydrogens (tertiary/aromatic N) is 2. The summed E-state index contributed by atoms with van der Waals surface area (Å²) in [5, 5.41) is 6.88. The summed E-state index contributed by atoms with van der Waals surface area (Å²) in [7, 11) is 1.33. The van der Waals surface area contributed by atoms with Gasteiger partial charge in [0.2, 0.25) is 5.95 Å². The summed E-state index contributed by atoms with van der Waals surface area (Å²) in [5.74, 6) is 0.597. The molecule has 0 radical (unpaired) electrons. The number of ether oxygens (including phenoxy) is 1. The molecule has 0 amide bonds. The lowest BCUT2D eigenvalue weighted by molar-refractivity contribution is 0.0601. The molecule has 0 aliphatic carbocycles. The lowest BCUT2D eigenvalue weighted by atomic mass is 10.1. The van der Waals surface area contributed by atoms with Gasteiger partial charge in [0.15, 0.2) is 0 Å². The molecule has 0 bridgehead atoms. The fourth-order valence-electron chi connectivity index (χ4n) is 2.76. The minimum Gasteiger partial charge on any atom is -0.465 e. The van der Waals surface area contributed by atoms with Crippen LogP contribution in [0.3, 0.4) is 0 Å². The van der Waals surface area contributed by atoms with E-state index in [1.165, 1.54) is 12.7 Å². The predicted molar refractivity (Wildman–Crippen MR) is 112 cm³/mol. The minimum atomic E-state index is -0.441. The van der Waals surface area contributed by atoms with Gasteiger partial charge in [0.05, 0.1) is 23.4 Å². The first-order chi connectivity index (χ1) is 13.5. The van der Waals surface area contributed by atoms with E-state index >= 15 is 0 Å². The van der Waals surface area contributed by atoms with Crippen LogP contribution in [0.25, 0.3) is 0 Å². The number of para-hydroxylation sites is 1. The van der Waals surface area contributed by atoms with Crippen molar-refractivity contribution in [2.24, 2.45) is 0 Å². The van der Waals surface area contributed by atoms with Crippen molar-refractivity contribution in [1.82, 2.24) is 9.97 Å². The first-order valence-corrected chi connectivity index (χ1v) is 9.23. The van der Waals surface area contributed by atoms with Gasteiger partial charge in [-0.15, -0.1) is 0 Å². The summed E-state index contributed by atoms with van der Waals surface area (Å²) < 4.78 is 4.76. The highest BCUT2D eigenvalue weighted by Crippen LogP contribution is 2.27. The van der Waals surface area contributed by atoms with Gasteiger partial charge in [-0.25, -0.2) is 9.78 Å². The lowest BCUT2D eigenvalue weighted by Gasteiger charge is -2.13. The van der Waals surface area contributed by atoms with Crippen molar-refractivity contribution in [2.45, 2.75) is 20.3 Å². The van der Waals surface area contributed by atoms with Crippen LogP contribution in [0.1, 0.15) is 28.5 Å². The van der Waals surface area contributed by atoms with Crippen molar-refractivity contribution in [3.05, 3.63) is 70.4 Å². The van der Waals surface area contributed by atoms with E-state index in [0.29, 0.717) is 28.0 Å². The van der Waals surface area contributed by atoms with E-state index in [9.17, 15) is 4.79 Å². The maximum Gasteiger partial charge on any atom is 0.337 e. The quantitative estimate of drug-likeness (QED) is 0.552. The van der Waals surface area contributed by atoms with Crippen LogP contribution in [0.2, 0.25) is 5.02 Å². The first-order valence-electron chi connectivity index (χ1n) is 8.85. The number of benzene rings is 2. The van der Waals surface area contributed by atoms with Gasteiger partial charge in [0.25, 0.3) is 0 Å². The monoisotopic (exact) mass is 396 g/mol. The Morgan fingerprint density at radius 1 is 1.07 bits per heavy atom. The van der Waals surface area contributed by atoms with Gasteiger partial charge >= 0.3 is 5.97 Å². The molecule has 0 saturated heterocycles. The Balaban J connectivity index is 1.89. The number of esters is 1. The summed E-state index contributed by atoms with van der Waals surface area (Å²) in [5.41, 5.74) is 3.89. The number of aryl methyl sites for hydroxylation is 2. The van der Waals surface area contributed by atoms with Crippen LogP contribution in [0.4, 0.5) is 23.1 Å². The molecule has 0 saturated carbocycles. The van der Waals surface area contributed by atoms with Gasteiger partial charge in [-0.05, 0) is 43.2 Å². The molecule has 2 N–H and O–H groups in total. The van der Waals surface area contributed by atoms with Gasteiger partial charge in [-0.3, -0.25) is 0 Å². The molecule has 0 fully saturated rings. The Morgan fingerprint density at radius 2 is 1.86 bits per heavy atom. The number of rotatable bonds is 6. The zero-order valence-corrected chi connectivity index (χ0v) is 16.7. The molecule has 144 valence electrons. The minimum absolute atomic E-state index is 0.375. The van der Waals surface area contributed by atoms with E-state index in [2.05, 4.69) is 33.6 Å². The van der Waals surface area contributed by atoms with Crippen molar-refractivity contribution < 1.29 is 9.53 Å². The topological polar surface area (TPSA) is 76.1 Å². The van der Waals surface area contributed by atoms with Crippen LogP contribution >= 0.6 is 11.6 Å². The molecule has 6 nitrogen and oxygen atoms in total. The highest BCUT2D eigenvalue weighted by Gasteiger charge is 2.11. The van der Waals surface area contributed by atoms with Crippen LogP contribution in [-0.2, 0) is 11.2 Å². The number of hydrogen-bond donors (Lipinski definition) is 2. The predicted octanol–water partition coefficient (Wildman–Crippen LogP) is 5.27. The summed E-state index contributed by atoms with van der Waals surface area (Å²) >= 11 is 6.26. The lowest BCUT2D eigenvalue weighted by Crippen LogP contribution is -2.05. The zero-order valence-electron chi connectivity index (χ0n) is 15.9. The van der Waals surface area contributed by atoms with Crippen LogP contribution < -0.4 is 10.6 Å². The molecule has 1 aromatic heterocycles. The van der Waals surface area contributed by atoms with E-state index < -0.39 is 5.97 Å². The third kappa shape index (κ3) is 4.58. The molecule has 0 aliphatic rings. The number of nitrogens with one attached hydrogen (secondary N) is 2. The van der Waals surface area contributed by atoms with Crippen molar-refractivity contribution >= 4 is 40.7 Å². The average Bonchev–Trinajstić information content (AvgIpc) is 2.69. The molecule has 3 aromatic rings. The Bertz CT molecular complexity index is 1010. The Hall–Kier alpha value is -3.12. The Labute approximate surface area is 168 Å². The van der Waals surface area contributed by atoms with E-state index in [1.807, 2.05) is 31.2 Å². The number of aromatic nitrogens is 2. The molecule has 0 unspecified atom stereocenters. The van der Waals surface area contributed by atoms with Gasteiger partial charge in [0.1, 0.15) is 5.82 Å². The third-order valence-electron chi connectivity index (χ3n) is 4.15. The summed E-state index contributed by atoms with van der Waals surface area (Å²) in [6, 6.07) is 14.8. The first kappa shape index (κ1) is 19.6. The third-order valence-corrected chi connectivity index (χ3v) is 4.48. The molecule has 0 aliphatic heterocycles. The van der Waals surface area contributed by atoms with Gasteiger partial charge in [-0.2, -0.15) is 4.98 Å². The second-order valence-corrected chi connectivity index (χ2v) is 6.57. The van der Waals surface area contributed by atoms with E-state index in [0.717, 1.165) is 17.8 Å². The molecule has 2 aromatic carbocycles. The Morgan fingerprint density at radius 3 is 2.61 bits per heavy atom. The number of carbonyl (C=O) groups excluding carboxylic acids is 1. The normalized spacial score (nSPS) is 10.4. The van der Waals surface area contributed by atoms with Crippen molar-refractivity contribution in [3.63, 3.8) is 0 Å². The molecule has 7 heteroatoms. The second kappa shape index (κ2) is 8.71. The van der Waals surface area contributed by atoms with Gasteiger partial charge in [-0.1, -0.05) is 36.7 Å². The number of anilines is 4. The van der Waals surface area contributed by atoms with Crippen LogP contribution in [-0.4, -0.2) is 23.0 Å². The number of halogens is 1. The fourth-order valence-corrected chi connectivity index (χ4v) is 2.93.